The van der Waals surface area contributed by atoms with E-state index in [4.69, 9.17) is 4.43 Å². The van der Waals surface area contributed by atoms with Crippen molar-refractivity contribution in [2.45, 2.75) is 103 Å². The Kier molecular flexibility index (Phi) is 4.39. The molecule has 0 radical (unpaired) electrons. The molecule has 0 aromatic rings. The van der Waals surface area contributed by atoms with Gasteiger partial charge in [0.1, 0.15) is 0 Å². The molecule has 3 saturated carbocycles. The number of hydrogen-bond acceptors (Lipinski definition) is 2. The molecule has 0 aromatic heterocycles. The third-order valence-corrected chi connectivity index (χ3v) is 10.2. The lowest BCUT2D eigenvalue weighted by molar-refractivity contribution is -0.115. The Morgan fingerprint density at radius 1 is 1.00 bits per heavy atom. The molecule has 7 atom stereocenters. The summed E-state index contributed by atoms with van der Waals surface area (Å²) in [6, 6.07) is 0. The van der Waals surface area contributed by atoms with E-state index in [2.05, 4.69) is 46.5 Å². The third-order valence-electron chi connectivity index (χ3n) is 9.14. The molecule has 1 N–H and O–H groups in total. The van der Waals surface area contributed by atoms with E-state index in [1.807, 2.05) is 0 Å². The lowest BCUT2D eigenvalue weighted by atomic mass is 9.47. The van der Waals surface area contributed by atoms with E-state index in [0.717, 1.165) is 18.3 Å². The molecule has 4 aliphatic carbocycles. The average Bonchev–Trinajstić information content (AvgIpc) is 2.76. The first-order valence-electron chi connectivity index (χ1n) is 11.1. The molecule has 4 aliphatic rings. The minimum absolute atomic E-state index is 0.133. The van der Waals surface area contributed by atoms with E-state index >= 15 is 0 Å². The lowest BCUT2D eigenvalue weighted by Gasteiger charge is -2.59. The molecular formula is C23H40O2Si. The normalized spacial score (nSPS) is 51.3. The highest BCUT2D eigenvalue weighted by Gasteiger charge is 2.62. The Balaban J connectivity index is 1.58. The smallest absolute Gasteiger partial charge is 0.184 e. The van der Waals surface area contributed by atoms with Crippen molar-refractivity contribution >= 4 is 8.32 Å². The first-order chi connectivity index (χ1) is 12.0. The Morgan fingerprint density at radius 3 is 2.38 bits per heavy atom. The first kappa shape index (κ1) is 19.2. The summed E-state index contributed by atoms with van der Waals surface area (Å²) in [5.74, 6) is 2.31. The molecule has 4 rings (SSSR count). The van der Waals surface area contributed by atoms with Crippen LogP contribution in [0.5, 0.6) is 0 Å². The Hall–Kier alpha value is -0.123. The zero-order valence-corrected chi connectivity index (χ0v) is 18.9. The van der Waals surface area contributed by atoms with Crippen LogP contribution in [0, 0.1) is 28.6 Å². The van der Waals surface area contributed by atoms with Gasteiger partial charge in [-0.3, -0.25) is 0 Å². The maximum absolute atomic E-state index is 11.1. The van der Waals surface area contributed by atoms with Crippen LogP contribution in [0.2, 0.25) is 19.6 Å². The fourth-order valence-corrected chi connectivity index (χ4v) is 8.67. The van der Waals surface area contributed by atoms with E-state index in [-0.39, 0.29) is 5.41 Å². The highest BCUT2D eigenvalue weighted by Crippen LogP contribution is 2.67. The molecule has 0 aromatic carbocycles. The van der Waals surface area contributed by atoms with Gasteiger partial charge in [-0.25, -0.2) is 0 Å². The van der Waals surface area contributed by atoms with Crippen molar-refractivity contribution in [1.82, 2.24) is 0 Å². The fourth-order valence-electron chi connectivity index (χ4n) is 7.47. The summed E-state index contributed by atoms with van der Waals surface area (Å²) in [5, 5.41) is 11.1. The van der Waals surface area contributed by atoms with Crippen LogP contribution in [0.15, 0.2) is 11.6 Å². The molecule has 0 bridgehead atoms. The van der Waals surface area contributed by atoms with E-state index < -0.39 is 13.9 Å². The summed E-state index contributed by atoms with van der Waals surface area (Å²) in [6.45, 7) is 14.0. The van der Waals surface area contributed by atoms with Crippen LogP contribution in [0.1, 0.15) is 72.1 Å². The highest BCUT2D eigenvalue weighted by atomic mass is 28.4. The number of rotatable bonds is 2. The van der Waals surface area contributed by atoms with Gasteiger partial charge in [-0.2, -0.15) is 0 Å². The molecule has 0 heterocycles. The Bertz CT molecular complexity index is 604. The number of fused-ring (bicyclic) bond motifs is 5. The van der Waals surface area contributed by atoms with Gasteiger partial charge in [-0.05, 0) is 107 Å². The van der Waals surface area contributed by atoms with Crippen molar-refractivity contribution in [3.8, 4) is 0 Å². The average molecular weight is 377 g/mol. The third kappa shape index (κ3) is 2.79. The molecule has 0 amide bonds. The molecule has 0 unspecified atom stereocenters. The molecule has 0 aliphatic heterocycles. The summed E-state index contributed by atoms with van der Waals surface area (Å²) in [5.41, 5.74) is 1.77. The van der Waals surface area contributed by atoms with E-state index in [9.17, 15) is 5.11 Å². The molecule has 2 nitrogen and oxygen atoms in total. The van der Waals surface area contributed by atoms with Crippen LogP contribution in [-0.4, -0.2) is 25.1 Å². The lowest BCUT2D eigenvalue weighted by Crippen LogP contribution is -2.54. The van der Waals surface area contributed by atoms with Gasteiger partial charge in [0.15, 0.2) is 8.32 Å². The Morgan fingerprint density at radius 2 is 1.69 bits per heavy atom. The maximum Gasteiger partial charge on any atom is 0.184 e. The summed E-state index contributed by atoms with van der Waals surface area (Å²) >= 11 is 0. The summed E-state index contributed by atoms with van der Waals surface area (Å²) in [4.78, 5) is 0. The van der Waals surface area contributed by atoms with Crippen molar-refractivity contribution in [2.75, 3.05) is 0 Å². The van der Waals surface area contributed by atoms with E-state index in [1.165, 1.54) is 44.9 Å². The SMILES string of the molecule is C[C@]12CC[C@H](O[Si](C)(C)C)CC1=CC[C@@H]1[C@@H]2CC[C@@]2(C)[C@H]1CC[C@]2(C)O. The van der Waals surface area contributed by atoms with Gasteiger partial charge >= 0.3 is 0 Å². The van der Waals surface area contributed by atoms with Crippen molar-refractivity contribution < 1.29 is 9.53 Å². The quantitative estimate of drug-likeness (QED) is 0.479. The van der Waals surface area contributed by atoms with E-state index in [0.29, 0.717) is 17.4 Å². The van der Waals surface area contributed by atoms with Crippen molar-refractivity contribution in [2.24, 2.45) is 28.6 Å². The van der Waals surface area contributed by atoms with Gasteiger partial charge in [-0.1, -0.05) is 25.5 Å². The largest absolute Gasteiger partial charge is 0.414 e. The van der Waals surface area contributed by atoms with Crippen molar-refractivity contribution in [3.05, 3.63) is 11.6 Å². The summed E-state index contributed by atoms with van der Waals surface area (Å²) in [7, 11) is -1.46. The fraction of sp³-hybridized carbons (Fsp3) is 0.913. The molecule has 3 heteroatoms. The van der Waals surface area contributed by atoms with Crippen molar-refractivity contribution in [3.63, 3.8) is 0 Å². The van der Waals surface area contributed by atoms with Gasteiger partial charge in [0.2, 0.25) is 0 Å². The molecule has 3 fully saturated rings. The first-order valence-corrected chi connectivity index (χ1v) is 14.5. The predicted octanol–water partition coefficient (Wildman–Crippen LogP) is 5.92. The van der Waals surface area contributed by atoms with Crippen LogP contribution in [0.4, 0.5) is 0 Å². The zero-order valence-electron chi connectivity index (χ0n) is 17.9. The van der Waals surface area contributed by atoms with E-state index in [1.54, 1.807) is 5.57 Å². The molecule has 0 spiro atoms. The van der Waals surface area contributed by atoms with Crippen LogP contribution < -0.4 is 0 Å². The van der Waals surface area contributed by atoms with Gasteiger partial charge in [0.25, 0.3) is 0 Å². The number of aliphatic hydroxyl groups is 1. The summed E-state index contributed by atoms with van der Waals surface area (Å²) < 4.78 is 6.49. The van der Waals surface area contributed by atoms with Crippen LogP contribution in [0.3, 0.4) is 0 Å². The zero-order chi connectivity index (χ0) is 19.0. The van der Waals surface area contributed by atoms with Gasteiger partial charge in [-0.15, -0.1) is 0 Å². The van der Waals surface area contributed by atoms with Gasteiger partial charge in [0.05, 0.1) is 5.60 Å². The minimum Gasteiger partial charge on any atom is -0.414 e. The second-order valence-corrected chi connectivity index (χ2v) is 16.1. The second kappa shape index (κ2) is 5.94. The predicted molar refractivity (Wildman–Crippen MR) is 111 cm³/mol. The standard InChI is InChI=1S/C23H40O2Si/c1-21-12-9-17(25-26(4,5)6)15-16(21)7-8-18-19(21)10-13-22(2)20(18)11-14-23(22,3)24/h7,17-20,24H,8-15H2,1-6H3/t17-,18+,19-,20-,21-,22-,23-/m0/s1. The monoisotopic (exact) mass is 376 g/mol. The van der Waals surface area contributed by atoms with Gasteiger partial charge < -0.3 is 9.53 Å². The van der Waals surface area contributed by atoms with Crippen molar-refractivity contribution in [1.29, 1.82) is 0 Å². The number of allylic oxidation sites excluding steroid dienone is 1. The highest BCUT2D eigenvalue weighted by molar-refractivity contribution is 6.69. The topological polar surface area (TPSA) is 29.5 Å². The van der Waals surface area contributed by atoms with Crippen LogP contribution >= 0.6 is 0 Å². The molecular weight excluding hydrogens is 336 g/mol. The van der Waals surface area contributed by atoms with Gasteiger partial charge in [0, 0.05) is 6.10 Å². The number of hydrogen-bond donors (Lipinski definition) is 1. The van der Waals surface area contributed by atoms with Crippen LogP contribution in [0.25, 0.3) is 0 Å². The molecule has 0 saturated heterocycles. The summed E-state index contributed by atoms with van der Waals surface area (Å²) in [6.07, 6.45) is 12.8. The minimum atomic E-state index is -1.46. The van der Waals surface area contributed by atoms with Crippen LogP contribution in [-0.2, 0) is 4.43 Å². The maximum atomic E-state index is 11.1. The molecule has 26 heavy (non-hydrogen) atoms. The second-order valence-electron chi connectivity index (χ2n) is 11.6. The molecule has 148 valence electrons. The Labute approximate surface area is 161 Å².